The van der Waals surface area contributed by atoms with Crippen molar-refractivity contribution >= 4 is 23.5 Å². The van der Waals surface area contributed by atoms with E-state index in [-0.39, 0.29) is 24.1 Å². The lowest BCUT2D eigenvalue weighted by Crippen LogP contribution is -2.52. The molecule has 3 amide bonds. The van der Waals surface area contributed by atoms with Gasteiger partial charge in [0.05, 0.1) is 5.69 Å². The normalized spacial score (nSPS) is 21.8. The van der Waals surface area contributed by atoms with Gasteiger partial charge in [0, 0.05) is 43.7 Å². The second kappa shape index (κ2) is 8.32. The maximum absolute atomic E-state index is 12.9. The predicted octanol–water partition coefficient (Wildman–Crippen LogP) is 1.87. The van der Waals surface area contributed by atoms with Crippen molar-refractivity contribution in [2.75, 3.05) is 13.1 Å². The molecule has 3 aromatic rings. The maximum atomic E-state index is 12.9. The third-order valence-electron chi connectivity index (χ3n) is 7.28. The van der Waals surface area contributed by atoms with Gasteiger partial charge in [-0.3, -0.25) is 29.0 Å². The van der Waals surface area contributed by atoms with Gasteiger partial charge in [0.2, 0.25) is 17.6 Å². The number of imide groups is 1. The molecule has 1 atom stereocenters. The van der Waals surface area contributed by atoms with Crippen molar-refractivity contribution in [3.8, 4) is 0 Å². The highest BCUT2D eigenvalue weighted by Crippen LogP contribution is 2.33. The van der Waals surface area contributed by atoms with Crippen LogP contribution in [0.1, 0.15) is 58.8 Å². The Kier molecular flexibility index (Phi) is 5.13. The highest BCUT2D eigenvalue weighted by molar-refractivity contribution is 6.05. The Bertz CT molecular complexity index is 1260. The number of likely N-dealkylation sites (tertiary alicyclic amines) is 1. The minimum atomic E-state index is -0.570. The zero-order valence-electron chi connectivity index (χ0n) is 18.8. The summed E-state index contributed by atoms with van der Waals surface area (Å²) in [6, 6.07) is 7.46. The Labute approximate surface area is 196 Å². The molecule has 2 aromatic heterocycles. The van der Waals surface area contributed by atoms with Crippen LogP contribution in [0.5, 0.6) is 0 Å². The quantitative estimate of drug-likeness (QED) is 0.599. The van der Waals surface area contributed by atoms with E-state index in [9.17, 15) is 14.4 Å². The summed E-state index contributed by atoms with van der Waals surface area (Å²) >= 11 is 0. The van der Waals surface area contributed by atoms with Gasteiger partial charge in [0.15, 0.2) is 0 Å². The van der Waals surface area contributed by atoms with E-state index in [4.69, 9.17) is 0 Å². The van der Waals surface area contributed by atoms with Gasteiger partial charge in [-0.25, -0.2) is 9.97 Å². The molecule has 0 saturated carbocycles. The van der Waals surface area contributed by atoms with Crippen LogP contribution in [-0.2, 0) is 22.7 Å². The fraction of sp³-hybridized carbons (Fsp3) is 0.400. The van der Waals surface area contributed by atoms with Crippen molar-refractivity contribution in [3.05, 3.63) is 65.2 Å². The van der Waals surface area contributed by atoms with E-state index in [1.807, 2.05) is 28.9 Å². The maximum Gasteiger partial charge on any atom is 0.255 e. The molecule has 1 unspecified atom stereocenters. The number of fused-ring (bicyclic) bond motifs is 2. The molecule has 3 aliphatic rings. The van der Waals surface area contributed by atoms with Gasteiger partial charge in [0.1, 0.15) is 6.04 Å². The fourth-order valence-corrected chi connectivity index (χ4v) is 5.46. The number of carbonyl (C=O) groups is 3. The number of benzene rings is 1. The van der Waals surface area contributed by atoms with Gasteiger partial charge in [-0.05, 0) is 61.5 Å². The summed E-state index contributed by atoms with van der Waals surface area (Å²) in [6.45, 7) is 3.22. The topological polar surface area (TPSA) is 99.9 Å². The lowest BCUT2D eigenvalue weighted by Gasteiger charge is -2.31. The molecular weight excluding hydrogens is 432 g/mol. The molecule has 5 heterocycles. The van der Waals surface area contributed by atoms with E-state index in [2.05, 4.69) is 32.3 Å². The van der Waals surface area contributed by atoms with Crippen molar-refractivity contribution in [3.63, 3.8) is 0 Å². The standard InChI is InChI=1S/C25H26N6O3/c32-22-5-4-21(23(33)28-22)31-13-18-12-17(2-3-20(18)24(31)34)16-6-10-29(11-7-16)14-19-15-30-9-1-8-26-25(30)27-19/h1-3,8-9,12,15-16,21H,4-7,10-11,13-14H2,(H,28,32,33). The van der Waals surface area contributed by atoms with Gasteiger partial charge < -0.3 is 4.90 Å². The van der Waals surface area contributed by atoms with Crippen LogP contribution in [-0.4, -0.2) is 61.0 Å². The molecule has 1 aromatic carbocycles. The first-order chi connectivity index (χ1) is 16.5. The van der Waals surface area contributed by atoms with Crippen LogP contribution in [0, 0.1) is 0 Å². The number of carbonyl (C=O) groups excluding carboxylic acids is 3. The van der Waals surface area contributed by atoms with Gasteiger partial charge in [-0.1, -0.05) is 12.1 Å². The first kappa shape index (κ1) is 21.0. The van der Waals surface area contributed by atoms with E-state index in [1.165, 1.54) is 5.56 Å². The average Bonchev–Trinajstić information content (AvgIpc) is 3.39. The summed E-state index contributed by atoms with van der Waals surface area (Å²) in [5.74, 6) is 0.423. The molecule has 0 bridgehead atoms. The molecule has 0 radical (unpaired) electrons. The number of aromatic nitrogens is 3. The summed E-state index contributed by atoms with van der Waals surface area (Å²) in [4.78, 5) is 49.6. The lowest BCUT2D eigenvalue weighted by molar-refractivity contribution is -0.136. The minimum absolute atomic E-state index is 0.118. The third-order valence-corrected chi connectivity index (χ3v) is 7.28. The van der Waals surface area contributed by atoms with Crippen molar-refractivity contribution in [2.24, 2.45) is 0 Å². The first-order valence-electron chi connectivity index (χ1n) is 11.8. The Morgan fingerprint density at radius 3 is 2.74 bits per heavy atom. The third kappa shape index (κ3) is 3.75. The van der Waals surface area contributed by atoms with Gasteiger partial charge >= 0.3 is 0 Å². The molecule has 9 nitrogen and oxygen atoms in total. The van der Waals surface area contributed by atoms with E-state index in [0.29, 0.717) is 24.4 Å². The number of hydrogen-bond acceptors (Lipinski definition) is 6. The van der Waals surface area contributed by atoms with E-state index in [0.717, 1.165) is 49.5 Å². The molecule has 3 aliphatic heterocycles. The van der Waals surface area contributed by atoms with Crippen LogP contribution >= 0.6 is 0 Å². The number of piperidine rings is 2. The molecular formula is C25H26N6O3. The summed E-state index contributed by atoms with van der Waals surface area (Å²) in [6.07, 6.45) is 8.52. The Balaban J connectivity index is 1.10. The Hall–Kier alpha value is -3.59. The average molecular weight is 459 g/mol. The van der Waals surface area contributed by atoms with E-state index < -0.39 is 6.04 Å². The monoisotopic (exact) mass is 458 g/mol. The van der Waals surface area contributed by atoms with Crippen molar-refractivity contribution in [2.45, 2.75) is 50.7 Å². The zero-order chi connectivity index (χ0) is 23.2. The molecule has 9 heteroatoms. The molecule has 174 valence electrons. The lowest BCUT2D eigenvalue weighted by atomic mass is 9.88. The fourth-order valence-electron chi connectivity index (χ4n) is 5.46. The molecule has 2 saturated heterocycles. The number of nitrogens with zero attached hydrogens (tertiary/aromatic N) is 5. The number of amides is 3. The molecule has 0 aliphatic carbocycles. The van der Waals surface area contributed by atoms with Crippen LogP contribution in [0.25, 0.3) is 5.78 Å². The molecule has 34 heavy (non-hydrogen) atoms. The number of hydrogen-bond donors (Lipinski definition) is 1. The van der Waals surface area contributed by atoms with Gasteiger partial charge in [-0.15, -0.1) is 0 Å². The first-order valence-corrected chi connectivity index (χ1v) is 11.8. The van der Waals surface area contributed by atoms with Crippen LogP contribution in [0.3, 0.4) is 0 Å². The van der Waals surface area contributed by atoms with Crippen LogP contribution in [0.4, 0.5) is 0 Å². The second-order valence-electron chi connectivity index (χ2n) is 9.43. The number of nitrogens with one attached hydrogen (secondary N) is 1. The smallest absolute Gasteiger partial charge is 0.255 e. The SMILES string of the molecule is O=C1CCC(N2Cc3cc(C4CCN(Cc5cn6cccnc6n5)CC4)ccc3C2=O)C(=O)N1. The molecule has 1 N–H and O–H groups in total. The predicted molar refractivity (Wildman–Crippen MR) is 123 cm³/mol. The van der Waals surface area contributed by atoms with Crippen molar-refractivity contribution in [1.82, 2.24) is 29.5 Å². The Morgan fingerprint density at radius 2 is 1.94 bits per heavy atom. The molecule has 0 spiro atoms. The molecule has 2 fully saturated rings. The largest absolute Gasteiger partial charge is 0.322 e. The summed E-state index contributed by atoms with van der Waals surface area (Å²) in [5, 5.41) is 2.36. The Morgan fingerprint density at radius 1 is 1.09 bits per heavy atom. The summed E-state index contributed by atoms with van der Waals surface area (Å²) in [7, 11) is 0. The number of rotatable bonds is 4. The van der Waals surface area contributed by atoms with Gasteiger partial charge in [-0.2, -0.15) is 0 Å². The summed E-state index contributed by atoms with van der Waals surface area (Å²) < 4.78 is 1.95. The highest BCUT2D eigenvalue weighted by Gasteiger charge is 2.39. The zero-order valence-corrected chi connectivity index (χ0v) is 18.8. The summed E-state index contributed by atoms with van der Waals surface area (Å²) in [5.41, 5.74) is 3.94. The van der Waals surface area contributed by atoms with Gasteiger partial charge in [0.25, 0.3) is 5.91 Å². The van der Waals surface area contributed by atoms with E-state index >= 15 is 0 Å². The van der Waals surface area contributed by atoms with Crippen molar-refractivity contribution < 1.29 is 14.4 Å². The highest BCUT2D eigenvalue weighted by atomic mass is 16.2. The van der Waals surface area contributed by atoms with E-state index in [1.54, 1.807) is 11.1 Å². The van der Waals surface area contributed by atoms with Crippen molar-refractivity contribution in [1.29, 1.82) is 0 Å². The van der Waals surface area contributed by atoms with Crippen LogP contribution in [0.2, 0.25) is 0 Å². The minimum Gasteiger partial charge on any atom is -0.322 e. The van der Waals surface area contributed by atoms with Crippen LogP contribution in [0.15, 0.2) is 42.9 Å². The second-order valence-corrected chi connectivity index (χ2v) is 9.43. The van der Waals surface area contributed by atoms with Crippen LogP contribution < -0.4 is 5.32 Å². The molecule has 6 rings (SSSR count). The number of imidazole rings is 1.